The molecule has 0 aromatic carbocycles. The van der Waals surface area contributed by atoms with Crippen LogP contribution in [0.1, 0.15) is 101 Å². The van der Waals surface area contributed by atoms with Crippen molar-refractivity contribution in [3.05, 3.63) is 39.2 Å². The fourth-order valence-corrected chi connectivity index (χ4v) is 11.2. The minimum Gasteiger partial charge on any atom is -0.414 e. The fraction of sp³-hybridized carbons (Fsp3) is 0.757. The number of ether oxygens (including phenoxy) is 1. The normalized spacial score (nSPS) is 25.7. The number of nitrogens with zero attached hydrogens (tertiary/aromatic N) is 4. The van der Waals surface area contributed by atoms with Gasteiger partial charge >= 0.3 is 0 Å². The number of hydrogen-bond donors (Lipinski definition) is 1. The first-order valence-corrected chi connectivity index (χ1v) is 26.7. The minimum atomic E-state index is -4.59. The van der Waals surface area contributed by atoms with Gasteiger partial charge in [0.25, 0.3) is 10.1 Å². The highest BCUT2D eigenvalue weighted by atomic mass is 127. The number of halogens is 1. The van der Waals surface area contributed by atoms with Gasteiger partial charge < -0.3 is 13.6 Å². The zero-order chi connectivity index (χ0) is 38.9. The molecule has 1 aliphatic heterocycles. The van der Waals surface area contributed by atoms with E-state index in [1.165, 1.54) is 0 Å². The number of fused-ring (bicyclic) bond motifs is 1. The van der Waals surface area contributed by atoms with Crippen LogP contribution in [0.25, 0.3) is 11.2 Å². The Morgan fingerprint density at radius 1 is 1.00 bits per heavy atom. The quantitative estimate of drug-likeness (QED) is 0.102. The van der Waals surface area contributed by atoms with E-state index >= 15 is 0 Å². The lowest BCUT2D eigenvalue weighted by molar-refractivity contribution is -0.0383. The van der Waals surface area contributed by atoms with E-state index in [-0.39, 0.29) is 40.0 Å². The molecule has 3 heterocycles. The minimum absolute atomic E-state index is 0.0102. The van der Waals surface area contributed by atoms with Crippen LogP contribution in [-0.4, -0.2) is 73.2 Å². The van der Waals surface area contributed by atoms with Crippen molar-refractivity contribution in [1.29, 1.82) is 0 Å². The molecule has 1 fully saturated rings. The molecule has 10 nitrogen and oxygen atoms in total. The molecule has 2 aromatic rings. The van der Waals surface area contributed by atoms with Crippen LogP contribution in [0.4, 0.5) is 0 Å². The van der Waals surface area contributed by atoms with Crippen molar-refractivity contribution in [3.8, 4) is 0 Å². The summed E-state index contributed by atoms with van der Waals surface area (Å²) in [6, 6.07) is 0. The molecule has 1 saturated heterocycles. The van der Waals surface area contributed by atoms with Crippen LogP contribution in [-0.2, 0) is 29.1 Å². The third-order valence-corrected chi connectivity index (χ3v) is 22.8. The smallest absolute Gasteiger partial charge is 0.272 e. The van der Waals surface area contributed by atoms with E-state index in [4.69, 9.17) is 28.5 Å². The summed E-state index contributed by atoms with van der Waals surface area (Å²) in [6.07, 6.45) is 5.36. The summed E-state index contributed by atoms with van der Waals surface area (Å²) in [4.78, 5) is 14.8. The van der Waals surface area contributed by atoms with Crippen LogP contribution in [0.15, 0.2) is 29.6 Å². The van der Waals surface area contributed by atoms with Crippen molar-refractivity contribution >= 4 is 60.5 Å². The van der Waals surface area contributed by atoms with Crippen molar-refractivity contribution in [2.24, 2.45) is 17.8 Å². The lowest BCUT2D eigenvalue weighted by Gasteiger charge is -2.45. The Morgan fingerprint density at radius 3 is 2.08 bits per heavy atom. The molecular weight excluding hydrogens is 812 g/mol. The Bertz CT molecular complexity index is 1770. The second kappa shape index (κ2) is 14.6. The predicted octanol–water partition coefficient (Wildman–Crippen LogP) is 9.46. The average molecular weight is 875 g/mol. The molecule has 4 rings (SSSR count). The number of hydrogen-bond acceptors (Lipinski definition) is 8. The van der Waals surface area contributed by atoms with Gasteiger partial charge in [0.05, 0.1) is 30.1 Å². The highest BCUT2D eigenvalue weighted by Gasteiger charge is 2.55. The highest BCUT2D eigenvalue weighted by Crippen LogP contribution is 2.50. The van der Waals surface area contributed by atoms with Crippen molar-refractivity contribution < 1.29 is 26.6 Å². The summed E-state index contributed by atoms with van der Waals surface area (Å²) >= 11 is 2.10. The van der Waals surface area contributed by atoms with Gasteiger partial charge in [0.2, 0.25) is 0 Å². The zero-order valence-corrected chi connectivity index (χ0v) is 38.7. The number of allylic oxidation sites excluding steroid dienone is 3. The maximum Gasteiger partial charge on any atom is 0.272 e. The van der Waals surface area contributed by atoms with Crippen LogP contribution in [0, 0.1) is 21.6 Å². The Kier molecular flexibility index (Phi) is 12.2. The van der Waals surface area contributed by atoms with Crippen LogP contribution < -0.4 is 0 Å². The van der Waals surface area contributed by atoms with E-state index in [1.54, 1.807) is 6.33 Å². The SMILES string of the molecule is CC(C)C1=CC(c2nc(I)nc3c2ncn3[C@H]2C[C@H](O[Si](C)(C)C(C)(C)C)[C@@H](CO[Si](C)(C)C(C)(C)C)O2)(C(C)C)C(S(=O)(=O)O)C(C(C)C)=C1. The second-order valence-electron chi connectivity index (χ2n) is 18.6. The Morgan fingerprint density at radius 2 is 1.59 bits per heavy atom. The topological polar surface area (TPSA) is 126 Å². The molecule has 5 atom stereocenters. The van der Waals surface area contributed by atoms with Crippen molar-refractivity contribution in [1.82, 2.24) is 19.5 Å². The van der Waals surface area contributed by atoms with Crippen LogP contribution >= 0.6 is 22.6 Å². The van der Waals surface area contributed by atoms with Crippen LogP contribution in [0.2, 0.25) is 36.3 Å². The summed E-state index contributed by atoms with van der Waals surface area (Å²) in [5.41, 5.74) is 1.99. The maximum atomic E-state index is 13.5. The summed E-state index contributed by atoms with van der Waals surface area (Å²) in [7, 11) is -8.85. The first kappa shape index (κ1) is 42.7. The molecule has 1 N–H and O–H groups in total. The molecule has 51 heavy (non-hydrogen) atoms. The molecule has 2 aromatic heterocycles. The summed E-state index contributed by atoms with van der Waals surface area (Å²) in [5, 5.41) is -1.19. The monoisotopic (exact) mass is 874 g/mol. The molecule has 2 aliphatic rings. The maximum absolute atomic E-state index is 13.5. The summed E-state index contributed by atoms with van der Waals surface area (Å²) < 4.78 is 61.1. The van der Waals surface area contributed by atoms with Crippen LogP contribution in [0.5, 0.6) is 0 Å². The number of imidazole rings is 1. The number of aromatic nitrogens is 4. The first-order chi connectivity index (χ1) is 23.0. The molecular formula is C37H63IN4O6SSi2. The van der Waals surface area contributed by atoms with Gasteiger partial charge in [-0.1, -0.05) is 95.2 Å². The van der Waals surface area contributed by atoms with Gasteiger partial charge in [-0.05, 0) is 65.2 Å². The largest absolute Gasteiger partial charge is 0.414 e. The van der Waals surface area contributed by atoms with Gasteiger partial charge in [-0.3, -0.25) is 9.12 Å². The summed E-state index contributed by atoms with van der Waals surface area (Å²) in [6.45, 7) is 35.0. The van der Waals surface area contributed by atoms with Crippen molar-refractivity contribution in [3.63, 3.8) is 0 Å². The van der Waals surface area contributed by atoms with Crippen molar-refractivity contribution in [2.45, 2.75) is 155 Å². The van der Waals surface area contributed by atoms with E-state index in [9.17, 15) is 13.0 Å². The highest BCUT2D eigenvalue weighted by molar-refractivity contribution is 14.1. The lowest BCUT2D eigenvalue weighted by Crippen LogP contribution is -2.51. The van der Waals surface area contributed by atoms with Gasteiger partial charge in [-0.25, -0.2) is 15.0 Å². The second-order valence-corrected chi connectivity index (χ2v) is 30.6. The third-order valence-electron chi connectivity index (χ3n) is 12.0. The molecule has 0 spiro atoms. The molecule has 14 heteroatoms. The van der Waals surface area contributed by atoms with Gasteiger partial charge in [-0.2, -0.15) is 8.42 Å². The molecule has 0 amide bonds. The van der Waals surface area contributed by atoms with E-state index in [0.29, 0.717) is 39.3 Å². The van der Waals surface area contributed by atoms with E-state index < -0.39 is 43.6 Å². The van der Waals surface area contributed by atoms with Gasteiger partial charge in [-0.15, -0.1) is 0 Å². The molecule has 0 bridgehead atoms. The average Bonchev–Trinajstić information content (AvgIpc) is 3.56. The standard InChI is InChI=1S/C37H63IN4O6SSi2/c1-22(2)25-17-26(23(3)4)32(49(43,44)45)37(19-25,24(5)6)31-30-33(41-34(38)40-31)42(21-39-30)29-18-27(48-51(15,16)36(10,11)12)28(47-29)20-46-50(13,14)35(7,8)9/h17,19,21-24,27-29,32H,18,20H2,1-16H3,(H,43,44,45)/t27-,28+,29+,32?,37?/m0/s1. The van der Waals surface area contributed by atoms with Gasteiger partial charge in [0.1, 0.15) is 23.1 Å². The lowest BCUT2D eigenvalue weighted by atomic mass is 9.64. The van der Waals surface area contributed by atoms with E-state index in [2.05, 4.69) is 104 Å². The Balaban J connectivity index is 1.90. The third kappa shape index (κ3) is 8.32. The first-order valence-electron chi connectivity index (χ1n) is 18.3. The fourth-order valence-electron chi connectivity index (χ4n) is 6.70. The van der Waals surface area contributed by atoms with Gasteiger partial charge in [0, 0.05) is 29.0 Å². The molecule has 1 aliphatic carbocycles. The van der Waals surface area contributed by atoms with Crippen LogP contribution in [0.3, 0.4) is 0 Å². The molecule has 288 valence electrons. The summed E-state index contributed by atoms with van der Waals surface area (Å²) in [5.74, 6) is -0.299. The van der Waals surface area contributed by atoms with Gasteiger partial charge in [0.15, 0.2) is 26.1 Å². The molecule has 2 unspecified atom stereocenters. The van der Waals surface area contributed by atoms with E-state index in [0.717, 1.165) is 5.57 Å². The Labute approximate surface area is 323 Å². The Hall–Kier alpha value is -1.02. The predicted molar refractivity (Wildman–Crippen MR) is 219 cm³/mol. The van der Waals surface area contributed by atoms with E-state index in [1.807, 2.05) is 44.4 Å². The van der Waals surface area contributed by atoms with Crippen molar-refractivity contribution in [2.75, 3.05) is 6.61 Å². The number of rotatable bonds is 11. The molecule has 0 radical (unpaired) electrons. The zero-order valence-electron chi connectivity index (χ0n) is 33.8. The molecule has 0 saturated carbocycles.